The fraction of sp³-hybridized carbons (Fsp3) is 0.385. The molecule has 2 rings (SSSR count). The molecule has 5 heteroatoms. The van der Waals surface area contributed by atoms with E-state index in [9.17, 15) is 0 Å². The molecule has 2 aromatic heterocycles. The molecule has 0 aliphatic carbocycles. The lowest BCUT2D eigenvalue weighted by atomic mass is 10.1. The van der Waals surface area contributed by atoms with Gasteiger partial charge in [-0.15, -0.1) is 22.7 Å². The third-order valence-corrected chi connectivity index (χ3v) is 5.67. The lowest BCUT2D eigenvalue weighted by Crippen LogP contribution is -2.22. The van der Waals surface area contributed by atoms with E-state index in [4.69, 9.17) is 11.6 Å². The van der Waals surface area contributed by atoms with Crippen molar-refractivity contribution < 1.29 is 0 Å². The molecule has 0 aliphatic heterocycles. The Labute approximate surface area is 129 Å². The Bertz CT molecular complexity index is 495. The van der Waals surface area contributed by atoms with Crippen LogP contribution in [0.3, 0.4) is 0 Å². The zero-order valence-electron chi connectivity index (χ0n) is 10.1. The average molecular weight is 365 g/mol. The number of hydrogen-bond acceptors (Lipinski definition) is 3. The minimum absolute atomic E-state index is 0.385. The first kappa shape index (κ1) is 14.5. The molecule has 0 saturated heterocycles. The molecular weight excluding hydrogens is 350 g/mol. The third-order valence-electron chi connectivity index (χ3n) is 2.61. The van der Waals surface area contributed by atoms with Crippen molar-refractivity contribution in [1.82, 2.24) is 5.32 Å². The van der Waals surface area contributed by atoms with E-state index in [0.29, 0.717) is 6.04 Å². The van der Waals surface area contributed by atoms with Crippen molar-refractivity contribution in [1.29, 1.82) is 0 Å². The second kappa shape index (κ2) is 7.06. The maximum Gasteiger partial charge on any atom is 0.0931 e. The van der Waals surface area contributed by atoms with Crippen molar-refractivity contribution in [2.45, 2.75) is 25.8 Å². The van der Waals surface area contributed by atoms with E-state index >= 15 is 0 Å². The summed E-state index contributed by atoms with van der Waals surface area (Å²) >= 11 is 13.0. The van der Waals surface area contributed by atoms with Gasteiger partial charge in [0.05, 0.1) is 4.34 Å². The van der Waals surface area contributed by atoms with Crippen LogP contribution in [-0.2, 0) is 6.42 Å². The summed E-state index contributed by atoms with van der Waals surface area (Å²) in [4.78, 5) is 2.71. The maximum absolute atomic E-state index is 5.99. The van der Waals surface area contributed by atoms with Crippen LogP contribution in [0.2, 0.25) is 4.34 Å². The molecule has 0 amide bonds. The monoisotopic (exact) mass is 363 g/mol. The molecule has 18 heavy (non-hydrogen) atoms. The highest BCUT2D eigenvalue weighted by atomic mass is 79.9. The highest BCUT2D eigenvalue weighted by molar-refractivity contribution is 9.10. The van der Waals surface area contributed by atoms with Crippen LogP contribution in [0.4, 0.5) is 0 Å². The molecule has 1 unspecified atom stereocenters. The fourth-order valence-corrected chi connectivity index (χ4v) is 4.42. The van der Waals surface area contributed by atoms with Crippen molar-refractivity contribution in [2.75, 3.05) is 6.54 Å². The summed E-state index contributed by atoms with van der Waals surface area (Å²) in [7, 11) is 0. The Morgan fingerprint density at radius 2 is 2.28 bits per heavy atom. The largest absolute Gasteiger partial charge is 0.309 e. The van der Waals surface area contributed by atoms with Gasteiger partial charge in [-0.05, 0) is 47.1 Å². The summed E-state index contributed by atoms with van der Waals surface area (Å²) in [6.07, 6.45) is 2.15. The standard InChI is InChI=1S/C13H15BrClNS2/c1-2-5-16-11(12-6-9(14)8-17-12)7-10-3-4-13(15)18-10/h3-4,6,8,11,16H,2,5,7H2,1H3. The van der Waals surface area contributed by atoms with Gasteiger partial charge in [0.2, 0.25) is 0 Å². The molecular formula is C13H15BrClNS2. The number of nitrogens with one attached hydrogen (secondary N) is 1. The van der Waals surface area contributed by atoms with Crippen molar-refractivity contribution in [3.05, 3.63) is 42.1 Å². The zero-order chi connectivity index (χ0) is 13.0. The predicted molar refractivity (Wildman–Crippen MR) is 86.1 cm³/mol. The molecule has 98 valence electrons. The second-order valence-corrected chi connectivity index (χ2v) is 7.74. The lowest BCUT2D eigenvalue weighted by molar-refractivity contribution is 0.539. The molecule has 2 aromatic rings. The molecule has 0 spiro atoms. The van der Waals surface area contributed by atoms with Crippen LogP contribution in [0.5, 0.6) is 0 Å². The molecule has 0 fully saturated rings. The Morgan fingerprint density at radius 3 is 2.83 bits per heavy atom. The van der Waals surface area contributed by atoms with Crippen molar-refractivity contribution in [3.63, 3.8) is 0 Å². The topological polar surface area (TPSA) is 12.0 Å². The minimum Gasteiger partial charge on any atom is -0.309 e. The normalized spacial score (nSPS) is 12.8. The number of halogens is 2. The molecule has 0 radical (unpaired) electrons. The van der Waals surface area contributed by atoms with E-state index < -0.39 is 0 Å². The Morgan fingerprint density at radius 1 is 1.44 bits per heavy atom. The molecule has 1 N–H and O–H groups in total. The Hall–Kier alpha value is 0.130. The van der Waals surface area contributed by atoms with Crippen LogP contribution in [-0.4, -0.2) is 6.54 Å². The van der Waals surface area contributed by atoms with Gasteiger partial charge in [-0.2, -0.15) is 0 Å². The van der Waals surface area contributed by atoms with Gasteiger partial charge in [0.25, 0.3) is 0 Å². The Balaban J connectivity index is 2.09. The number of rotatable bonds is 6. The van der Waals surface area contributed by atoms with Crippen LogP contribution in [0.25, 0.3) is 0 Å². The van der Waals surface area contributed by atoms with E-state index in [0.717, 1.165) is 28.2 Å². The predicted octanol–water partition coefficient (Wildman–Crippen LogP) is 5.51. The van der Waals surface area contributed by atoms with Gasteiger partial charge in [0, 0.05) is 32.1 Å². The van der Waals surface area contributed by atoms with Crippen LogP contribution in [0.15, 0.2) is 28.1 Å². The summed E-state index contributed by atoms with van der Waals surface area (Å²) < 4.78 is 2.03. The van der Waals surface area contributed by atoms with Gasteiger partial charge < -0.3 is 5.32 Å². The average Bonchev–Trinajstić information content (AvgIpc) is 2.93. The van der Waals surface area contributed by atoms with Crippen LogP contribution in [0.1, 0.15) is 29.1 Å². The number of thiophene rings is 2. The van der Waals surface area contributed by atoms with Crippen molar-refractivity contribution in [2.24, 2.45) is 0 Å². The highest BCUT2D eigenvalue weighted by Crippen LogP contribution is 2.31. The summed E-state index contributed by atoms with van der Waals surface area (Å²) in [6.45, 7) is 3.23. The Kier molecular flexibility index (Phi) is 5.70. The first-order valence-electron chi connectivity index (χ1n) is 5.90. The van der Waals surface area contributed by atoms with Crippen molar-refractivity contribution >= 4 is 50.2 Å². The van der Waals surface area contributed by atoms with Gasteiger partial charge in [-0.1, -0.05) is 18.5 Å². The first-order valence-corrected chi connectivity index (χ1v) is 8.77. The highest BCUT2D eigenvalue weighted by Gasteiger charge is 2.14. The quantitative estimate of drug-likeness (QED) is 0.712. The fourth-order valence-electron chi connectivity index (χ4n) is 1.77. The van der Waals surface area contributed by atoms with E-state index in [2.05, 4.69) is 45.7 Å². The first-order chi connectivity index (χ1) is 8.69. The molecule has 1 atom stereocenters. The van der Waals surface area contributed by atoms with E-state index in [1.807, 2.05) is 6.07 Å². The van der Waals surface area contributed by atoms with Crippen molar-refractivity contribution in [3.8, 4) is 0 Å². The van der Waals surface area contributed by atoms with Gasteiger partial charge in [0.15, 0.2) is 0 Å². The molecule has 2 heterocycles. The minimum atomic E-state index is 0.385. The second-order valence-electron chi connectivity index (χ2n) is 4.08. The van der Waals surface area contributed by atoms with Crippen LogP contribution < -0.4 is 5.32 Å². The van der Waals surface area contributed by atoms with Gasteiger partial charge in [-0.3, -0.25) is 0 Å². The smallest absolute Gasteiger partial charge is 0.0931 e. The van der Waals surface area contributed by atoms with E-state index in [1.54, 1.807) is 22.7 Å². The third kappa shape index (κ3) is 4.07. The van der Waals surface area contributed by atoms with E-state index in [-0.39, 0.29) is 0 Å². The summed E-state index contributed by atoms with van der Waals surface area (Å²) in [5.74, 6) is 0. The molecule has 0 aliphatic rings. The van der Waals surface area contributed by atoms with Gasteiger partial charge >= 0.3 is 0 Å². The summed E-state index contributed by atoms with van der Waals surface area (Å²) in [5.41, 5.74) is 0. The zero-order valence-corrected chi connectivity index (χ0v) is 14.1. The van der Waals surface area contributed by atoms with Crippen LogP contribution >= 0.6 is 50.2 Å². The SMILES string of the molecule is CCCNC(Cc1ccc(Cl)s1)c1cc(Br)cs1. The van der Waals surface area contributed by atoms with E-state index in [1.165, 1.54) is 9.75 Å². The molecule has 0 bridgehead atoms. The lowest BCUT2D eigenvalue weighted by Gasteiger charge is -2.16. The summed E-state index contributed by atoms with van der Waals surface area (Å²) in [6, 6.07) is 6.68. The van der Waals surface area contributed by atoms with Gasteiger partial charge in [0.1, 0.15) is 0 Å². The molecule has 0 saturated carbocycles. The maximum atomic E-state index is 5.99. The van der Waals surface area contributed by atoms with Gasteiger partial charge in [-0.25, -0.2) is 0 Å². The number of hydrogen-bond donors (Lipinski definition) is 1. The molecule has 0 aromatic carbocycles. The molecule has 1 nitrogen and oxygen atoms in total. The van der Waals surface area contributed by atoms with Crippen LogP contribution in [0, 0.1) is 0 Å². The summed E-state index contributed by atoms with van der Waals surface area (Å²) in [5, 5.41) is 5.75.